The first-order valence-corrected chi connectivity index (χ1v) is 11.0. The van der Waals surface area contributed by atoms with E-state index in [0.717, 1.165) is 43.0 Å². The maximum Gasteiger partial charge on any atom is 0.184 e. The second-order valence-corrected chi connectivity index (χ2v) is 7.17. The summed E-state index contributed by atoms with van der Waals surface area (Å²) in [5.74, 6) is 0. The number of unbranched alkanes of at least 4 members (excludes halogenated alkanes) is 3. The van der Waals surface area contributed by atoms with Crippen molar-refractivity contribution in [2.24, 2.45) is 0 Å². The molecule has 1 N–H and O–H groups in total. The first kappa shape index (κ1) is 22.6. The molecule has 3 unspecified atom stereocenters. The number of alkyl halides is 1. The maximum absolute atomic E-state index is 10.4. The predicted octanol–water partition coefficient (Wildman–Crippen LogP) is 3.69. The van der Waals surface area contributed by atoms with Crippen LogP contribution in [0.15, 0.2) is 0 Å². The van der Waals surface area contributed by atoms with Gasteiger partial charge in [0, 0.05) is 24.2 Å². The van der Waals surface area contributed by atoms with Gasteiger partial charge in [0.25, 0.3) is 0 Å². The zero-order valence-electron chi connectivity index (χ0n) is 15.4. The van der Waals surface area contributed by atoms with E-state index in [1.165, 1.54) is 0 Å². The molecule has 0 radical (unpaired) electrons. The van der Waals surface area contributed by atoms with E-state index < -0.39 is 12.4 Å². The van der Waals surface area contributed by atoms with E-state index in [0.29, 0.717) is 19.8 Å². The van der Waals surface area contributed by atoms with E-state index in [2.05, 4.69) is 43.4 Å². The number of hydrogen-bond donors (Lipinski definition) is 1. The van der Waals surface area contributed by atoms with Crippen LogP contribution in [0.1, 0.15) is 59.3 Å². The molecular formula is C18H35IO5. The lowest BCUT2D eigenvalue weighted by atomic mass is 9.99. The molecule has 144 valence electrons. The number of rotatable bonds is 13. The molecule has 0 aromatic carbocycles. The van der Waals surface area contributed by atoms with Gasteiger partial charge in [0.2, 0.25) is 0 Å². The van der Waals surface area contributed by atoms with Crippen LogP contribution in [0, 0.1) is 0 Å². The molecule has 0 aliphatic carbocycles. The van der Waals surface area contributed by atoms with E-state index >= 15 is 0 Å². The summed E-state index contributed by atoms with van der Waals surface area (Å²) in [5.41, 5.74) is 0. The Labute approximate surface area is 160 Å². The van der Waals surface area contributed by atoms with Gasteiger partial charge in [0.1, 0.15) is 18.3 Å². The van der Waals surface area contributed by atoms with Crippen LogP contribution in [-0.4, -0.2) is 60.1 Å². The molecule has 1 saturated heterocycles. The first-order valence-electron chi connectivity index (χ1n) is 9.43. The van der Waals surface area contributed by atoms with Gasteiger partial charge in [0.15, 0.2) is 6.29 Å². The summed E-state index contributed by atoms with van der Waals surface area (Å²) in [5, 5.41) is 10.4. The molecule has 0 spiro atoms. The van der Waals surface area contributed by atoms with Crippen LogP contribution in [0.2, 0.25) is 0 Å². The maximum atomic E-state index is 10.4. The molecule has 24 heavy (non-hydrogen) atoms. The van der Waals surface area contributed by atoms with Crippen molar-refractivity contribution < 1.29 is 24.1 Å². The second-order valence-electron chi connectivity index (χ2n) is 6.29. The largest absolute Gasteiger partial charge is 0.373 e. The summed E-state index contributed by atoms with van der Waals surface area (Å²) in [4.78, 5) is 0. The molecule has 6 heteroatoms. The smallest absolute Gasteiger partial charge is 0.184 e. The second kappa shape index (κ2) is 13.7. The Kier molecular flexibility index (Phi) is 12.9. The number of ether oxygens (including phenoxy) is 4. The molecule has 0 aromatic rings. The van der Waals surface area contributed by atoms with Gasteiger partial charge in [-0.1, -0.05) is 62.6 Å². The minimum atomic E-state index is -0.959. The predicted molar refractivity (Wildman–Crippen MR) is 104 cm³/mol. The van der Waals surface area contributed by atoms with E-state index in [1.54, 1.807) is 0 Å². The Morgan fingerprint density at radius 1 is 0.792 bits per heavy atom. The summed E-state index contributed by atoms with van der Waals surface area (Å²) in [6.07, 6.45) is 4.08. The molecule has 1 rings (SSSR count). The highest BCUT2D eigenvalue weighted by atomic mass is 127. The number of halogens is 1. The van der Waals surface area contributed by atoms with Gasteiger partial charge in [-0.25, -0.2) is 0 Å². The fourth-order valence-electron chi connectivity index (χ4n) is 2.68. The van der Waals surface area contributed by atoms with Crippen LogP contribution in [0.4, 0.5) is 0 Å². The van der Waals surface area contributed by atoms with Crippen molar-refractivity contribution in [2.45, 2.75) is 90.0 Å². The Balaban J connectivity index is 2.79. The minimum absolute atomic E-state index is 0.171. The van der Waals surface area contributed by atoms with Crippen LogP contribution >= 0.6 is 22.6 Å². The first-order chi connectivity index (χ1) is 11.7. The minimum Gasteiger partial charge on any atom is -0.373 e. The van der Waals surface area contributed by atoms with Gasteiger partial charge in [-0.05, 0) is 19.3 Å². The average Bonchev–Trinajstić information content (AvgIpc) is 2.58. The lowest BCUT2D eigenvalue weighted by Gasteiger charge is -2.44. The SMILES string of the molecule is CCCCOC1[C@H](OCCCC)C(O)OC(CI)[C@@H]1OCCCC. The van der Waals surface area contributed by atoms with Crippen molar-refractivity contribution in [2.75, 3.05) is 24.2 Å². The summed E-state index contributed by atoms with van der Waals surface area (Å²) in [7, 11) is 0. The van der Waals surface area contributed by atoms with Crippen LogP contribution in [0.3, 0.4) is 0 Å². The third-order valence-electron chi connectivity index (χ3n) is 4.19. The Morgan fingerprint density at radius 3 is 1.71 bits per heavy atom. The molecule has 5 atom stereocenters. The summed E-state index contributed by atoms with van der Waals surface area (Å²) in [6.45, 7) is 8.35. The van der Waals surface area contributed by atoms with Crippen molar-refractivity contribution in [1.29, 1.82) is 0 Å². The quantitative estimate of drug-likeness (QED) is 0.259. The van der Waals surface area contributed by atoms with Crippen LogP contribution in [-0.2, 0) is 18.9 Å². The van der Waals surface area contributed by atoms with E-state index in [9.17, 15) is 5.11 Å². The van der Waals surface area contributed by atoms with Crippen molar-refractivity contribution >= 4 is 22.6 Å². The molecule has 1 fully saturated rings. The van der Waals surface area contributed by atoms with Crippen molar-refractivity contribution in [3.63, 3.8) is 0 Å². The topological polar surface area (TPSA) is 57.2 Å². The molecule has 0 aromatic heterocycles. The highest BCUT2D eigenvalue weighted by Crippen LogP contribution is 2.29. The molecule has 0 saturated carbocycles. The normalized spacial score (nSPS) is 30.6. The van der Waals surface area contributed by atoms with Crippen LogP contribution < -0.4 is 0 Å². The highest BCUT2D eigenvalue weighted by molar-refractivity contribution is 14.1. The standard InChI is InChI=1S/C18H35IO5/c1-4-7-10-21-15-14(13-19)24-18(20)17(23-12-9-6-3)16(15)22-11-8-5-2/h14-18,20H,4-13H2,1-3H3/t14?,15-,16?,17-,18?/m0/s1. The van der Waals surface area contributed by atoms with Gasteiger partial charge >= 0.3 is 0 Å². The Morgan fingerprint density at radius 2 is 1.25 bits per heavy atom. The fourth-order valence-corrected chi connectivity index (χ4v) is 3.39. The third-order valence-corrected chi connectivity index (χ3v) is 5.05. The van der Waals surface area contributed by atoms with Gasteiger partial charge in [0.05, 0.1) is 6.10 Å². The van der Waals surface area contributed by atoms with Crippen molar-refractivity contribution in [1.82, 2.24) is 0 Å². The summed E-state index contributed by atoms with van der Waals surface area (Å²) < 4.78 is 24.7. The lowest BCUT2D eigenvalue weighted by molar-refractivity contribution is -0.301. The van der Waals surface area contributed by atoms with Crippen LogP contribution in [0.5, 0.6) is 0 Å². The van der Waals surface area contributed by atoms with Gasteiger partial charge in [-0.3, -0.25) is 0 Å². The zero-order valence-corrected chi connectivity index (χ0v) is 17.6. The van der Waals surface area contributed by atoms with E-state index in [4.69, 9.17) is 18.9 Å². The van der Waals surface area contributed by atoms with Gasteiger partial charge in [-0.2, -0.15) is 0 Å². The monoisotopic (exact) mass is 458 g/mol. The lowest BCUT2D eigenvalue weighted by Crippen LogP contribution is -2.60. The van der Waals surface area contributed by atoms with E-state index in [1.807, 2.05) is 0 Å². The molecule has 1 aliphatic heterocycles. The molecule has 1 aliphatic rings. The molecular weight excluding hydrogens is 423 g/mol. The molecule has 0 bridgehead atoms. The van der Waals surface area contributed by atoms with Crippen molar-refractivity contribution in [3.05, 3.63) is 0 Å². The Hall–Kier alpha value is 0.530. The third kappa shape index (κ3) is 7.41. The fraction of sp³-hybridized carbons (Fsp3) is 1.00. The van der Waals surface area contributed by atoms with E-state index in [-0.39, 0.29) is 18.3 Å². The summed E-state index contributed by atoms with van der Waals surface area (Å²) >= 11 is 2.28. The molecule has 5 nitrogen and oxygen atoms in total. The number of aliphatic hydroxyl groups excluding tert-OH is 1. The van der Waals surface area contributed by atoms with Crippen LogP contribution in [0.25, 0.3) is 0 Å². The Bertz CT molecular complexity index is 305. The molecule has 0 amide bonds. The number of aliphatic hydroxyl groups is 1. The summed E-state index contributed by atoms with van der Waals surface area (Å²) in [6, 6.07) is 0. The molecule has 1 heterocycles. The number of hydrogen-bond acceptors (Lipinski definition) is 5. The van der Waals surface area contributed by atoms with Gasteiger partial charge < -0.3 is 24.1 Å². The average molecular weight is 458 g/mol. The zero-order chi connectivity index (χ0) is 17.8. The highest BCUT2D eigenvalue weighted by Gasteiger charge is 2.47. The van der Waals surface area contributed by atoms with Crippen molar-refractivity contribution in [3.8, 4) is 0 Å². The van der Waals surface area contributed by atoms with Gasteiger partial charge in [-0.15, -0.1) is 0 Å².